The summed E-state index contributed by atoms with van der Waals surface area (Å²) in [7, 11) is 0. The molecule has 0 spiro atoms. The van der Waals surface area contributed by atoms with E-state index in [1.54, 1.807) is 29.6 Å². The average Bonchev–Trinajstić information content (AvgIpc) is 3.65. The second-order valence-electron chi connectivity index (χ2n) is 9.36. The van der Waals surface area contributed by atoms with Gasteiger partial charge >= 0.3 is 0 Å². The molecule has 2 aromatic heterocycles. The van der Waals surface area contributed by atoms with Crippen molar-refractivity contribution in [2.24, 2.45) is 0 Å². The van der Waals surface area contributed by atoms with Crippen LogP contribution in [-0.2, 0) is 16.1 Å². The highest BCUT2D eigenvalue weighted by Gasteiger charge is 2.39. The Labute approximate surface area is 205 Å². The lowest BCUT2D eigenvalue weighted by molar-refractivity contribution is -0.136. The topological polar surface area (TPSA) is 146 Å². The number of fused-ring (bicyclic) bond motifs is 1. The Morgan fingerprint density at radius 1 is 1.08 bits per heavy atom. The summed E-state index contributed by atoms with van der Waals surface area (Å²) < 4.78 is 1.48. The van der Waals surface area contributed by atoms with E-state index in [1.165, 1.54) is 9.58 Å². The van der Waals surface area contributed by atoms with E-state index in [4.69, 9.17) is 0 Å². The maximum atomic E-state index is 13.1. The Balaban J connectivity index is 1.14. The van der Waals surface area contributed by atoms with Gasteiger partial charge in [0.1, 0.15) is 6.04 Å². The van der Waals surface area contributed by atoms with Crippen LogP contribution in [0.5, 0.6) is 0 Å². The maximum Gasteiger partial charge on any atom is 0.276 e. The van der Waals surface area contributed by atoms with Crippen molar-refractivity contribution in [3.8, 4) is 5.69 Å². The van der Waals surface area contributed by atoms with Crippen LogP contribution in [0.25, 0.3) is 5.69 Å². The van der Waals surface area contributed by atoms with E-state index in [1.807, 2.05) is 12.3 Å². The van der Waals surface area contributed by atoms with Gasteiger partial charge in [0, 0.05) is 49.4 Å². The van der Waals surface area contributed by atoms with Crippen molar-refractivity contribution >= 4 is 23.6 Å². The van der Waals surface area contributed by atoms with Crippen molar-refractivity contribution in [3.63, 3.8) is 0 Å². The number of benzene rings is 1. The van der Waals surface area contributed by atoms with E-state index in [-0.39, 0.29) is 29.8 Å². The van der Waals surface area contributed by atoms with E-state index in [0.29, 0.717) is 43.2 Å². The zero-order chi connectivity index (χ0) is 24.8. The number of likely N-dealkylation sites (tertiary alicyclic amines) is 1. The third-order valence-electron chi connectivity index (χ3n) is 7.23. The van der Waals surface area contributed by atoms with Crippen LogP contribution < -0.4 is 5.32 Å². The van der Waals surface area contributed by atoms with Crippen LogP contribution >= 0.6 is 0 Å². The predicted octanol–water partition coefficient (Wildman–Crippen LogP) is 0.771. The third-order valence-corrected chi connectivity index (χ3v) is 7.23. The van der Waals surface area contributed by atoms with E-state index < -0.39 is 11.9 Å². The van der Waals surface area contributed by atoms with Crippen molar-refractivity contribution in [2.75, 3.05) is 13.1 Å². The molecule has 3 aromatic rings. The van der Waals surface area contributed by atoms with Gasteiger partial charge in [0.05, 0.1) is 18.2 Å². The Hall–Kier alpha value is -4.35. The first-order chi connectivity index (χ1) is 17.5. The fraction of sp³-hybridized carbons (Fsp3) is 0.375. The Bertz CT molecular complexity index is 1360. The number of carbonyl (C=O) groups is 4. The van der Waals surface area contributed by atoms with Gasteiger partial charge in [0.2, 0.25) is 11.8 Å². The highest BCUT2D eigenvalue weighted by Crippen LogP contribution is 2.29. The molecule has 184 valence electrons. The molecule has 12 nitrogen and oxygen atoms in total. The van der Waals surface area contributed by atoms with Crippen molar-refractivity contribution in [1.82, 2.24) is 40.1 Å². The summed E-state index contributed by atoms with van der Waals surface area (Å²) in [6.07, 6.45) is 7.28. The number of aromatic nitrogens is 5. The monoisotopic (exact) mass is 488 g/mol. The Morgan fingerprint density at radius 3 is 2.67 bits per heavy atom. The number of nitrogens with zero attached hydrogens (tertiary/aromatic N) is 6. The zero-order valence-electron chi connectivity index (χ0n) is 19.4. The minimum atomic E-state index is -0.668. The fourth-order valence-corrected chi connectivity index (χ4v) is 5.22. The van der Waals surface area contributed by atoms with Crippen LogP contribution in [0.1, 0.15) is 63.7 Å². The molecule has 1 aromatic carbocycles. The normalized spacial score (nSPS) is 20.6. The van der Waals surface area contributed by atoms with Crippen molar-refractivity contribution in [2.45, 2.75) is 44.2 Å². The molecule has 2 saturated heterocycles. The molecular formula is C24H24N8O4. The van der Waals surface area contributed by atoms with E-state index in [0.717, 1.165) is 24.1 Å². The summed E-state index contributed by atoms with van der Waals surface area (Å²) in [5, 5.41) is 10.5. The van der Waals surface area contributed by atoms with Gasteiger partial charge in [-0.15, -0.1) is 5.10 Å². The molecular weight excluding hydrogens is 464 g/mol. The van der Waals surface area contributed by atoms with Crippen molar-refractivity contribution in [3.05, 3.63) is 59.4 Å². The van der Waals surface area contributed by atoms with Gasteiger partial charge in [0.15, 0.2) is 5.69 Å². The number of hydrogen-bond donors (Lipinski definition) is 2. The van der Waals surface area contributed by atoms with Gasteiger partial charge in [-0.05, 0) is 37.0 Å². The van der Waals surface area contributed by atoms with Gasteiger partial charge in [0.25, 0.3) is 11.8 Å². The fourth-order valence-electron chi connectivity index (χ4n) is 5.22. The molecule has 4 amide bonds. The maximum absolute atomic E-state index is 13.1. The van der Waals surface area contributed by atoms with Crippen LogP contribution in [0, 0.1) is 0 Å². The van der Waals surface area contributed by atoms with Gasteiger partial charge in [-0.1, -0.05) is 11.3 Å². The molecule has 0 radical (unpaired) electrons. The van der Waals surface area contributed by atoms with Crippen LogP contribution in [0.15, 0.2) is 36.9 Å². The molecule has 0 saturated carbocycles. The van der Waals surface area contributed by atoms with Crippen LogP contribution in [0.3, 0.4) is 0 Å². The number of imide groups is 1. The smallest absolute Gasteiger partial charge is 0.276 e. The number of piperidine rings is 2. The van der Waals surface area contributed by atoms with E-state index in [2.05, 4.69) is 25.6 Å². The van der Waals surface area contributed by atoms with Crippen LogP contribution in [-0.4, -0.2) is 77.5 Å². The Kier molecular flexibility index (Phi) is 5.35. The minimum Gasteiger partial charge on any atom is -0.348 e. The SMILES string of the molecule is O=C1CCC(N2Cc3ccc(-n4cc(C(=O)N5CCC(c6cnc[nH]6)CC5)nn4)cc3C2=O)C(=O)N1. The molecule has 3 aliphatic rings. The summed E-state index contributed by atoms with van der Waals surface area (Å²) in [5.74, 6) is -0.846. The molecule has 6 rings (SSSR count). The Morgan fingerprint density at radius 2 is 1.92 bits per heavy atom. The number of amides is 4. The first kappa shape index (κ1) is 22.1. The molecule has 36 heavy (non-hydrogen) atoms. The first-order valence-electron chi connectivity index (χ1n) is 12.0. The minimum absolute atomic E-state index is 0.175. The van der Waals surface area contributed by atoms with E-state index >= 15 is 0 Å². The summed E-state index contributed by atoms with van der Waals surface area (Å²) >= 11 is 0. The standard InChI is InChI=1S/C24H24N8O4/c33-21-4-3-20(22(34)27-21)31-11-15-1-2-16(9-17(15)23(31)35)32-12-19(28-29-32)24(36)30-7-5-14(6-8-30)18-10-25-13-26-18/h1-2,9-10,12-14,20H,3-8,11H2,(H,25,26)(H,27,33,34). The largest absolute Gasteiger partial charge is 0.348 e. The summed E-state index contributed by atoms with van der Waals surface area (Å²) in [5.41, 5.74) is 3.20. The summed E-state index contributed by atoms with van der Waals surface area (Å²) in [6, 6.07) is 4.65. The predicted molar refractivity (Wildman–Crippen MR) is 124 cm³/mol. The highest BCUT2D eigenvalue weighted by atomic mass is 16.2. The average molecular weight is 489 g/mol. The quantitative estimate of drug-likeness (QED) is 0.516. The number of rotatable bonds is 4. The number of hydrogen-bond acceptors (Lipinski definition) is 7. The number of carbonyl (C=O) groups excluding carboxylic acids is 4. The molecule has 0 bridgehead atoms. The second kappa shape index (κ2) is 8.70. The first-order valence-corrected chi connectivity index (χ1v) is 12.0. The third kappa shape index (κ3) is 3.84. The van der Waals surface area contributed by atoms with E-state index in [9.17, 15) is 19.2 Å². The molecule has 3 aliphatic heterocycles. The van der Waals surface area contributed by atoms with Crippen LogP contribution in [0.2, 0.25) is 0 Å². The molecule has 1 unspecified atom stereocenters. The lowest BCUT2D eigenvalue weighted by Gasteiger charge is -2.30. The van der Waals surface area contributed by atoms with Gasteiger partial charge in [-0.25, -0.2) is 9.67 Å². The molecule has 1 atom stereocenters. The number of aromatic amines is 1. The second-order valence-corrected chi connectivity index (χ2v) is 9.36. The highest BCUT2D eigenvalue weighted by molar-refractivity contribution is 6.05. The zero-order valence-corrected chi connectivity index (χ0v) is 19.4. The molecule has 2 fully saturated rings. The lowest BCUT2D eigenvalue weighted by Crippen LogP contribution is -2.52. The van der Waals surface area contributed by atoms with Crippen molar-refractivity contribution in [1.29, 1.82) is 0 Å². The molecule has 12 heteroatoms. The molecule has 0 aliphatic carbocycles. The summed E-state index contributed by atoms with van der Waals surface area (Å²) in [4.78, 5) is 60.3. The number of imidazole rings is 1. The number of H-pyrrole nitrogens is 1. The van der Waals surface area contributed by atoms with Gasteiger partial charge < -0.3 is 14.8 Å². The molecule has 2 N–H and O–H groups in total. The number of nitrogens with one attached hydrogen (secondary N) is 2. The van der Waals surface area contributed by atoms with Crippen LogP contribution in [0.4, 0.5) is 0 Å². The van der Waals surface area contributed by atoms with Gasteiger partial charge in [-0.2, -0.15) is 0 Å². The lowest BCUT2D eigenvalue weighted by atomic mass is 9.94. The summed E-state index contributed by atoms with van der Waals surface area (Å²) in [6.45, 7) is 1.55. The van der Waals surface area contributed by atoms with Crippen molar-refractivity contribution < 1.29 is 19.2 Å². The van der Waals surface area contributed by atoms with Gasteiger partial charge in [-0.3, -0.25) is 24.5 Å². The molecule has 5 heterocycles.